The number of hydrogen-bond donors (Lipinski definition) is 0. The average molecular weight is 435 g/mol. The Balaban J connectivity index is 2.65. The molecule has 0 unspecified atom stereocenters. The van der Waals surface area contributed by atoms with Crippen molar-refractivity contribution >= 4 is 33.0 Å². The third-order valence-corrected chi connectivity index (χ3v) is 5.92. The number of benzene rings is 2. The number of nitrogens with zero attached hydrogens (tertiary/aromatic N) is 2. The molecule has 28 heavy (non-hydrogen) atoms. The van der Waals surface area contributed by atoms with Gasteiger partial charge in [-0.3, -0.25) is 14.4 Å². The normalized spacial score (nSPS) is 11.9. The molecule has 0 saturated carbocycles. The summed E-state index contributed by atoms with van der Waals surface area (Å²) >= 11 is 5.58. The number of hydrogen-bond acceptors (Lipinski definition) is 4. The van der Waals surface area contributed by atoms with Crippen LogP contribution in [-0.2, 0) is 16.2 Å². The molecule has 6 nitrogen and oxygen atoms in total. The number of aryl methyl sites for hydroxylation is 1. The Morgan fingerprint density at radius 3 is 2.43 bits per heavy atom. The van der Waals surface area contributed by atoms with Crippen LogP contribution in [0.2, 0.25) is 5.02 Å². The molecular formula is C17H14ClF3N2O4S. The highest BCUT2D eigenvalue weighted by Crippen LogP contribution is 2.38. The molecule has 0 spiro atoms. The minimum atomic E-state index is -4.79. The topological polar surface area (TPSA) is 80.5 Å². The minimum Gasteiger partial charge on any atom is -0.263 e. The van der Waals surface area contributed by atoms with Gasteiger partial charge in [-0.1, -0.05) is 23.7 Å². The van der Waals surface area contributed by atoms with Crippen molar-refractivity contribution in [1.82, 2.24) is 0 Å². The van der Waals surface area contributed by atoms with Gasteiger partial charge in [0.15, 0.2) is 0 Å². The Morgan fingerprint density at radius 2 is 1.89 bits per heavy atom. The van der Waals surface area contributed by atoms with Crippen molar-refractivity contribution in [1.29, 1.82) is 0 Å². The third-order valence-electron chi connectivity index (χ3n) is 3.80. The fourth-order valence-electron chi connectivity index (χ4n) is 2.42. The first kappa shape index (κ1) is 21.7. The van der Waals surface area contributed by atoms with Crippen molar-refractivity contribution in [3.63, 3.8) is 0 Å². The Labute approximate surface area is 164 Å². The molecule has 0 bridgehead atoms. The van der Waals surface area contributed by atoms with E-state index in [1.54, 1.807) is 0 Å². The lowest BCUT2D eigenvalue weighted by Gasteiger charge is -2.24. The predicted octanol–water partition coefficient (Wildman–Crippen LogP) is 4.96. The Hall–Kier alpha value is -2.59. The van der Waals surface area contributed by atoms with E-state index in [1.807, 2.05) is 0 Å². The molecule has 0 atom stereocenters. The van der Waals surface area contributed by atoms with Crippen molar-refractivity contribution in [2.24, 2.45) is 0 Å². The Bertz CT molecular complexity index is 1040. The first-order chi connectivity index (χ1) is 12.9. The molecule has 2 aromatic carbocycles. The SMILES string of the molecule is C=CCN(c1ccc(Cl)c(C(F)(F)F)c1)S(=O)(=O)c1ccc(C)c([N+](=O)[O-])c1. The second kappa shape index (κ2) is 7.80. The zero-order valence-electron chi connectivity index (χ0n) is 14.4. The van der Waals surface area contributed by atoms with Gasteiger partial charge >= 0.3 is 6.18 Å². The number of rotatable bonds is 6. The number of nitro benzene ring substituents is 1. The lowest BCUT2D eigenvalue weighted by molar-refractivity contribution is -0.385. The van der Waals surface area contributed by atoms with E-state index in [-0.39, 0.29) is 17.8 Å². The zero-order chi connectivity index (χ0) is 21.3. The molecule has 0 saturated heterocycles. The van der Waals surface area contributed by atoms with E-state index in [9.17, 15) is 31.7 Å². The van der Waals surface area contributed by atoms with Gasteiger partial charge in [-0.25, -0.2) is 8.42 Å². The molecule has 0 amide bonds. The van der Waals surface area contributed by atoms with Gasteiger partial charge in [0.1, 0.15) is 0 Å². The third kappa shape index (κ3) is 4.28. The van der Waals surface area contributed by atoms with Crippen LogP contribution in [0.15, 0.2) is 53.9 Å². The number of nitro groups is 1. The summed E-state index contributed by atoms with van der Waals surface area (Å²) < 4.78 is 66.1. The van der Waals surface area contributed by atoms with Gasteiger partial charge in [-0.2, -0.15) is 13.2 Å². The van der Waals surface area contributed by atoms with E-state index >= 15 is 0 Å². The summed E-state index contributed by atoms with van der Waals surface area (Å²) in [6, 6.07) is 5.91. The van der Waals surface area contributed by atoms with Gasteiger partial charge in [0.05, 0.1) is 32.6 Å². The Morgan fingerprint density at radius 1 is 1.25 bits per heavy atom. The van der Waals surface area contributed by atoms with Crippen molar-refractivity contribution in [3.05, 3.63) is 75.3 Å². The van der Waals surface area contributed by atoms with Crippen molar-refractivity contribution < 1.29 is 26.5 Å². The van der Waals surface area contributed by atoms with Crippen molar-refractivity contribution in [3.8, 4) is 0 Å². The van der Waals surface area contributed by atoms with Crippen LogP contribution >= 0.6 is 11.6 Å². The van der Waals surface area contributed by atoms with Crippen LogP contribution in [0.4, 0.5) is 24.5 Å². The van der Waals surface area contributed by atoms with Gasteiger partial charge in [0.2, 0.25) is 0 Å². The van der Waals surface area contributed by atoms with Crippen LogP contribution in [0.3, 0.4) is 0 Å². The molecular weight excluding hydrogens is 421 g/mol. The van der Waals surface area contributed by atoms with Gasteiger partial charge in [0, 0.05) is 11.6 Å². The lowest BCUT2D eigenvalue weighted by Crippen LogP contribution is -2.31. The molecule has 0 fully saturated rings. The number of sulfonamides is 1. The van der Waals surface area contributed by atoms with E-state index < -0.39 is 42.3 Å². The number of anilines is 1. The van der Waals surface area contributed by atoms with E-state index in [0.717, 1.165) is 24.3 Å². The summed E-state index contributed by atoms with van der Waals surface area (Å²) in [4.78, 5) is 9.93. The van der Waals surface area contributed by atoms with E-state index in [1.165, 1.54) is 19.1 Å². The highest BCUT2D eigenvalue weighted by atomic mass is 35.5. The second-order valence-electron chi connectivity index (χ2n) is 5.69. The maximum absolute atomic E-state index is 13.1. The smallest absolute Gasteiger partial charge is 0.263 e. The molecule has 0 heterocycles. The predicted molar refractivity (Wildman–Crippen MR) is 99.0 cm³/mol. The van der Waals surface area contributed by atoms with E-state index in [2.05, 4.69) is 6.58 Å². The van der Waals surface area contributed by atoms with Gasteiger partial charge < -0.3 is 0 Å². The van der Waals surface area contributed by atoms with Gasteiger partial charge in [0.25, 0.3) is 15.7 Å². The molecule has 0 aliphatic carbocycles. The summed E-state index contributed by atoms with van der Waals surface area (Å²) in [5, 5.41) is 10.5. The molecule has 0 radical (unpaired) electrons. The van der Waals surface area contributed by atoms with Gasteiger partial charge in [-0.15, -0.1) is 6.58 Å². The van der Waals surface area contributed by atoms with Gasteiger partial charge in [-0.05, 0) is 31.2 Å². The average Bonchev–Trinajstić information content (AvgIpc) is 2.59. The molecule has 11 heteroatoms. The summed E-state index contributed by atoms with van der Waals surface area (Å²) in [5.74, 6) is 0. The molecule has 0 N–H and O–H groups in total. The molecule has 0 aliphatic heterocycles. The number of halogens is 4. The number of alkyl halides is 3. The molecule has 0 aliphatic rings. The van der Waals surface area contributed by atoms with E-state index in [4.69, 9.17) is 11.6 Å². The maximum atomic E-state index is 13.1. The standard InChI is InChI=1S/C17H14ClF3N2O4S/c1-3-8-22(12-5-7-15(18)14(9-12)17(19,20)21)28(26,27)13-6-4-11(2)16(10-13)23(24)25/h3-7,9-10H,1,8H2,2H3. The summed E-state index contributed by atoms with van der Waals surface area (Å²) in [6.07, 6.45) is -3.61. The fourth-order valence-corrected chi connectivity index (χ4v) is 4.09. The van der Waals surface area contributed by atoms with Crippen LogP contribution in [0.25, 0.3) is 0 Å². The summed E-state index contributed by atoms with van der Waals surface area (Å²) in [5.41, 5.74) is -1.69. The fraction of sp³-hybridized carbons (Fsp3) is 0.176. The highest BCUT2D eigenvalue weighted by Gasteiger charge is 2.35. The van der Waals surface area contributed by atoms with Crippen LogP contribution in [0, 0.1) is 17.0 Å². The monoisotopic (exact) mass is 434 g/mol. The first-order valence-electron chi connectivity index (χ1n) is 7.65. The Kier molecular flexibility index (Phi) is 6.05. The zero-order valence-corrected chi connectivity index (χ0v) is 16.0. The highest BCUT2D eigenvalue weighted by molar-refractivity contribution is 7.92. The molecule has 2 rings (SSSR count). The molecule has 2 aromatic rings. The summed E-state index contributed by atoms with van der Waals surface area (Å²) in [6.45, 7) is 4.50. The minimum absolute atomic E-state index is 0.241. The van der Waals surface area contributed by atoms with Crippen LogP contribution in [0.5, 0.6) is 0 Å². The first-order valence-corrected chi connectivity index (χ1v) is 9.47. The second-order valence-corrected chi connectivity index (χ2v) is 7.96. The summed E-state index contributed by atoms with van der Waals surface area (Å²) in [7, 11) is -4.42. The van der Waals surface area contributed by atoms with Crippen LogP contribution < -0.4 is 4.31 Å². The van der Waals surface area contributed by atoms with E-state index in [0.29, 0.717) is 10.4 Å². The maximum Gasteiger partial charge on any atom is 0.417 e. The molecule has 150 valence electrons. The van der Waals surface area contributed by atoms with Crippen molar-refractivity contribution in [2.45, 2.75) is 18.0 Å². The van der Waals surface area contributed by atoms with Crippen LogP contribution in [-0.4, -0.2) is 19.9 Å². The van der Waals surface area contributed by atoms with Crippen molar-refractivity contribution in [2.75, 3.05) is 10.8 Å². The largest absolute Gasteiger partial charge is 0.417 e. The molecule has 0 aromatic heterocycles. The quantitative estimate of drug-likeness (QED) is 0.365. The lowest BCUT2D eigenvalue weighted by atomic mass is 10.2. The van der Waals surface area contributed by atoms with Crippen LogP contribution in [0.1, 0.15) is 11.1 Å².